The molecule has 0 aliphatic heterocycles. The number of hydrogen-bond acceptors (Lipinski definition) is 4. The van der Waals surface area contributed by atoms with E-state index in [1.54, 1.807) is 21.3 Å². The Morgan fingerprint density at radius 2 is 1.29 bits per heavy atom. The van der Waals surface area contributed by atoms with Gasteiger partial charge in [0.2, 0.25) is 5.75 Å². The fourth-order valence-corrected chi connectivity index (χ4v) is 2.95. The molecule has 0 aliphatic carbocycles. The van der Waals surface area contributed by atoms with Gasteiger partial charge in [0.15, 0.2) is 11.5 Å². The van der Waals surface area contributed by atoms with Gasteiger partial charge in [0, 0.05) is 6.42 Å². The van der Waals surface area contributed by atoms with Crippen molar-refractivity contribution in [3.63, 3.8) is 0 Å². The van der Waals surface area contributed by atoms with E-state index in [-0.39, 0.29) is 0 Å². The highest BCUT2D eigenvalue weighted by Gasteiger charge is 2.13. The van der Waals surface area contributed by atoms with Gasteiger partial charge in [0.1, 0.15) is 5.75 Å². The molecule has 0 heterocycles. The second-order valence-electron chi connectivity index (χ2n) is 5.86. The predicted octanol–water partition coefficient (Wildman–Crippen LogP) is 4.26. The Morgan fingerprint density at radius 3 is 1.83 bits per heavy atom. The summed E-state index contributed by atoms with van der Waals surface area (Å²) in [5.41, 5.74) is 4.58. The van der Waals surface area contributed by atoms with Crippen molar-refractivity contribution in [2.45, 2.75) is 27.2 Å². The van der Waals surface area contributed by atoms with Gasteiger partial charge >= 0.3 is 0 Å². The lowest BCUT2D eigenvalue weighted by Crippen LogP contribution is -2.05. The Labute approximate surface area is 144 Å². The second kappa shape index (κ2) is 7.95. The fourth-order valence-electron chi connectivity index (χ4n) is 2.95. The van der Waals surface area contributed by atoms with Crippen molar-refractivity contribution < 1.29 is 18.9 Å². The molecule has 0 unspecified atom stereocenters. The summed E-state index contributed by atoms with van der Waals surface area (Å²) in [4.78, 5) is 0. The zero-order valence-corrected chi connectivity index (χ0v) is 15.4. The monoisotopic (exact) mass is 330 g/mol. The quantitative estimate of drug-likeness (QED) is 0.760. The Bertz CT molecular complexity index is 684. The lowest BCUT2D eigenvalue weighted by Gasteiger charge is -2.15. The number of methoxy groups -OCH3 is 3. The van der Waals surface area contributed by atoms with E-state index >= 15 is 0 Å². The summed E-state index contributed by atoms with van der Waals surface area (Å²) in [5.74, 6) is 2.97. The van der Waals surface area contributed by atoms with Crippen LogP contribution in [0.25, 0.3) is 0 Å². The third-order valence-corrected chi connectivity index (χ3v) is 3.96. The molecular weight excluding hydrogens is 304 g/mol. The SMILES string of the molecule is COc1cc(C)cc(OCCc2cc(C)c(OC)c(C)c2)c1OC. The van der Waals surface area contributed by atoms with Crippen molar-refractivity contribution in [2.24, 2.45) is 0 Å². The molecule has 0 fully saturated rings. The van der Waals surface area contributed by atoms with E-state index in [9.17, 15) is 0 Å². The minimum Gasteiger partial charge on any atom is -0.496 e. The van der Waals surface area contributed by atoms with Crippen LogP contribution in [-0.4, -0.2) is 27.9 Å². The first-order valence-electron chi connectivity index (χ1n) is 7.99. The van der Waals surface area contributed by atoms with Gasteiger partial charge in [0.05, 0.1) is 27.9 Å². The average Bonchev–Trinajstić information content (AvgIpc) is 2.54. The molecule has 0 aliphatic rings. The molecular formula is C20H26O4. The van der Waals surface area contributed by atoms with Crippen molar-refractivity contribution in [3.05, 3.63) is 46.5 Å². The van der Waals surface area contributed by atoms with Gasteiger partial charge in [-0.1, -0.05) is 12.1 Å². The van der Waals surface area contributed by atoms with Gasteiger partial charge in [-0.2, -0.15) is 0 Å². The van der Waals surface area contributed by atoms with Crippen LogP contribution in [0.1, 0.15) is 22.3 Å². The molecule has 4 heteroatoms. The van der Waals surface area contributed by atoms with E-state index in [2.05, 4.69) is 26.0 Å². The van der Waals surface area contributed by atoms with Crippen molar-refractivity contribution in [2.75, 3.05) is 27.9 Å². The van der Waals surface area contributed by atoms with Crippen LogP contribution >= 0.6 is 0 Å². The van der Waals surface area contributed by atoms with Gasteiger partial charge < -0.3 is 18.9 Å². The summed E-state index contributed by atoms with van der Waals surface area (Å²) in [6.07, 6.45) is 0.811. The van der Waals surface area contributed by atoms with Gasteiger partial charge in [-0.05, 0) is 55.2 Å². The number of ether oxygens (including phenoxy) is 4. The van der Waals surface area contributed by atoms with Crippen LogP contribution < -0.4 is 18.9 Å². The molecule has 0 spiro atoms. The maximum absolute atomic E-state index is 5.96. The van der Waals surface area contributed by atoms with Crippen LogP contribution in [0, 0.1) is 20.8 Å². The van der Waals surface area contributed by atoms with E-state index in [0.29, 0.717) is 23.9 Å². The highest BCUT2D eigenvalue weighted by molar-refractivity contribution is 5.53. The van der Waals surface area contributed by atoms with Crippen molar-refractivity contribution in [1.29, 1.82) is 0 Å². The van der Waals surface area contributed by atoms with Crippen LogP contribution in [0.2, 0.25) is 0 Å². The van der Waals surface area contributed by atoms with Crippen LogP contribution in [0.3, 0.4) is 0 Å². The van der Waals surface area contributed by atoms with Gasteiger partial charge in [-0.15, -0.1) is 0 Å². The average molecular weight is 330 g/mol. The Hall–Kier alpha value is -2.36. The Morgan fingerprint density at radius 1 is 0.708 bits per heavy atom. The zero-order chi connectivity index (χ0) is 17.7. The van der Waals surface area contributed by atoms with E-state index < -0.39 is 0 Å². The fraction of sp³-hybridized carbons (Fsp3) is 0.400. The van der Waals surface area contributed by atoms with Crippen LogP contribution in [0.5, 0.6) is 23.0 Å². The van der Waals surface area contributed by atoms with Gasteiger partial charge in [0.25, 0.3) is 0 Å². The molecule has 0 radical (unpaired) electrons. The predicted molar refractivity (Wildman–Crippen MR) is 96.0 cm³/mol. The number of aryl methyl sites for hydroxylation is 3. The Balaban J connectivity index is 2.11. The first-order chi connectivity index (χ1) is 11.5. The molecule has 0 saturated heterocycles. The molecule has 4 nitrogen and oxygen atoms in total. The largest absolute Gasteiger partial charge is 0.496 e. The maximum atomic E-state index is 5.96. The topological polar surface area (TPSA) is 36.9 Å². The summed E-state index contributed by atoms with van der Waals surface area (Å²) < 4.78 is 22.2. The zero-order valence-electron chi connectivity index (χ0n) is 15.4. The third kappa shape index (κ3) is 3.94. The highest BCUT2D eigenvalue weighted by Crippen LogP contribution is 2.38. The standard InChI is InChI=1S/C20H26O4/c1-13-9-17(21-4)20(23-6)18(10-13)24-8-7-16-11-14(2)19(22-5)15(3)12-16/h9-12H,7-8H2,1-6H3. The number of benzene rings is 2. The second-order valence-corrected chi connectivity index (χ2v) is 5.86. The lowest BCUT2D eigenvalue weighted by atomic mass is 10.0. The van der Waals surface area contributed by atoms with Crippen LogP contribution in [0.15, 0.2) is 24.3 Å². The number of hydrogen-bond donors (Lipinski definition) is 0. The third-order valence-electron chi connectivity index (χ3n) is 3.96. The van der Waals surface area contributed by atoms with Crippen molar-refractivity contribution >= 4 is 0 Å². The van der Waals surface area contributed by atoms with Crippen molar-refractivity contribution in [3.8, 4) is 23.0 Å². The van der Waals surface area contributed by atoms with E-state index in [1.165, 1.54) is 5.56 Å². The molecule has 0 saturated carbocycles. The van der Waals surface area contributed by atoms with Gasteiger partial charge in [-0.25, -0.2) is 0 Å². The maximum Gasteiger partial charge on any atom is 0.203 e. The normalized spacial score (nSPS) is 10.4. The molecule has 0 bridgehead atoms. The molecule has 0 N–H and O–H groups in total. The van der Waals surface area contributed by atoms with Crippen LogP contribution in [-0.2, 0) is 6.42 Å². The summed E-state index contributed by atoms with van der Waals surface area (Å²) in [7, 11) is 4.95. The lowest BCUT2D eigenvalue weighted by molar-refractivity contribution is 0.286. The van der Waals surface area contributed by atoms with Crippen molar-refractivity contribution in [1.82, 2.24) is 0 Å². The minimum atomic E-state index is 0.564. The highest BCUT2D eigenvalue weighted by atomic mass is 16.5. The van der Waals surface area contributed by atoms with Gasteiger partial charge in [-0.3, -0.25) is 0 Å². The Kier molecular flexibility index (Phi) is 5.96. The minimum absolute atomic E-state index is 0.564. The first kappa shape index (κ1) is 18.0. The molecule has 0 aromatic heterocycles. The molecule has 130 valence electrons. The molecule has 2 rings (SSSR count). The number of rotatable bonds is 7. The van der Waals surface area contributed by atoms with E-state index in [0.717, 1.165) is 28.9 Å². The molecule has 2 aromatic rings. The summed E-state index contributed by atoms with van der Waals surface area (Å²) >= 11 is 0. The summed E-state index contributed by atoms with van der Waals surface area (Å²) in [6.45, 7) is 6.69. The van der Waals surface area contributed by atoms with E-state index in [1.807, 2.05) is 19.1 Å². The van der Waals surface area contributed by atoms with E-state index in [4.69, 9.17) is 18.9 Å². The van der Waals surface area contributed by atoms with Crippen LogP contribution in [0.4, 0.5) is 0 Å². The summed E-state index contributed by atoms with van der Waals surface area (Å²) in [5, 5.41) is 0. The molecule has 0 atom stereocenters. The first-order valence-corrected chi connectivity index (χ1v) is 7.99. The molecule has 2 aromatic carbocycles. The molecule has 24 heavy (non-hydrogen) atoms. The smallest absolute Gasteiger partial charge is 0.203 e. The molecule has 0 amide bonds. The summed E-state index contributed by atoms with van der Waals surface area (Å²) in [6, 6.07) is 8.18.